The first-order chi connectivity index (χ1) is 13.0. The molecule has 1 heterocycles. The van der Waals surface area contributed by atoms with Crippen LogP contribution in [0.15, 0.2) is 48.5 Å². The number of carbonyl (C=O) groups is 1. The highest BCUT2D eigenvalue weighted by molar-refractivity contribution is 5.97. The molecule has 0 aromatic heterocycles. The van der Waals surface area contributed by atoms with Crippen molar-refractivity contribution in [1.29, 1.82) is 0 Å². The van der Waals surface area contributed by atoms with Gasteiger partial charge in [0.25, 0.3) is 0 Å². The highest BCUT2D eigenvalue weighted by Crippen LogP contribution is 2.22. The normalized spacial score (nSPS) is 16.9. The number of ketones is 1. The summed E-state index contributed by atoms with van der Waals surface area (Å²) in [6, 6.07) is 15.6. The Labute approximate surface area is 161 Å². The van der Waals surface area contributed by atoms with Crippen LogP contribution in [0.1, 0.15) is 34.3 Å². The number of rotatable bonds is 7. The molecule has 4 heteroatoms. The molecule has 2 aromatic rings. The molecule has 1 aliphatic heterocycles. The van der Waals surface area contributed by atoms with Gasteiger partial charge in [0, 0.05) is 18.0 Å². The minimum Gasteiger partial charge on any atom is -0.491 e. The van der Waals surface area contributed by atoms with Gasteiger partial charge in [0.2, 0.25) is 0 Å². The molecule has 27 heavy (non-hydrogen) atoms. The van der Waals surface area contributed by atoms with Crippen molar-refractivity contribution in [2.45, 2.75) is 32.8 Å². The van der Waals surface area contributed by atoms with E-state index in [0.29, 0.717) is 6.54 Å². The summed E-state index contributed by atoms with van der Waals surface area (Å²) in [4.78, 5) is 14.8. The summed E-state index contributed by atoms with van der Waals surface area (Å²) in [6.07, 6.45) is 1.16. The Morgan fingerprint density at radius 1 is 1.11 bits per heavy atom. The summed E-state index contributed by atoms with van der Waals surface area (Å²) < 4.78 is 5.76. The van der Waals surface area contributed by atoms with Crippen molar-refractivity contribution < 1.29 is 14.6 Å². The van der Waals surface area contributed by atoms with E-state index in [1.54, 1.807) is 0 Å². The lowest BCUT2D eigenvalue weighted by molar-refractivity contribution is 0.0524. The number of hydrogen-bond acceptors (Lipinski definition) is 4. The number of piperidine rings is 1. The van der Waals surface area contributed by atoms with Gasteiger partial charge in [-0.05, 0) is 63.0 Å². The van der Waals surface area contributed by atoms with Gasteiger partial charge in [-0.2, -0.15) is 0 Å². The lowest BCUT2D eigenvalue weighted by Crippen LogP contribution is -2.42. The van der Waals surface area contributed by atoms with E-state index >= 15 is 0 Å². The van der Waals surface area contributed by atoms with Crippen LogP contribution in [0.2, 0.25) is 0 Å². The minimum atomic E-state index is -0.535. The van der Waals surface area contributed by atoms with Gasteiger partial charge in [0.15, 0.2) is 5.78 Å². The SMILES string of the molecule is Cc1cc(C)cc(OCC(O)CN2CCC(C(=O)c3ccccc3)CC2)c1. The summed E-state index contributed by atoms with van der Waals surface area (Å²) in [6.45, 7) is 6.62. The van der Waals surface area contributed by atoms with Crippen LogP contribution in [-0.2, 0) is 0 Å². The van der Waals surface area contributed by atoms with Crippen molar-refractivity contribution in [3.63, 3.8) is 0 Å². The van der Waals surface area contributed by atoms with E-state index < -0.39 is 6.10 Å². The van der Waals surface area contributed by atoms with Crippen molar-refractivity contribution in [3.8, 4) is 5.75 Å². The quantitative estimate of drug-likeness (QED) is 0.759. The number of ether oxygens (including phenoxy) is 1. The van der Waals surface area contributed by atoms with Gasteiger partial charge >= 0.3 is 0 Å². The summed E-state index contributed by atoms with van der Waals surface area (Å²) >= 11 is 0. The predicted molar refractivity (Wildman–Crippen MR) is 107 cm³/mol. The number of β-amino-alcohol motifs (C(OH)–C–C–N with tert-alkyl or cyclic N) is 1. The molecule has 2 aromatic carbocycles. The average Bonchev–Trinajstić information content (AvgIpc) is 2.66. The molecule has 0 spiro atoms. The number of aliphatic hydroxyl groups excluding tert-OH is 1. The van der Waals surface area contributed by atoms with E-state index in [1.807, 2.05) is 56.3 Å². The molecule has 1 N–H and O–H groups in total. The summed E-state index contributed by atoms with van der Waals surface area (Å²) in [5, 5.41) is 10.3. The first-order valence-corrected chi connectivity index (χ1v) is 9.72. The van der Waals surface area contributed by atoms with Crippen LogP contribution in [-0.4, -0.2) is 48.1 Å². The molecule has 0 aliphatic carbocycles. The molecule has 0 amide bonds. The molecule has 0 radical (unpaired) electrons. The molecule has 0 bridgehead atoms. The Balaban J connectivity index is 1.42. The molecular formula is C23H29NO3. The van der Waals surface area contributed by atoms with Gasteiger partial charge in [-0.15, -0.1) is 0 Å². The Morgan fingerprint density at radius 2 is 1.74 bits per heavy atom. The lowest BCUT2D eigenvalue weighted by atomic mass is 9.89. The van der Waals surface area contributed by atoms with Gasteiger partial charge in [-0.1, -0.05) is 36.4 Å². The van der Waals surface area contributed by atoms with Crippen LogP contribution in [0, 0.1) is 19.8 Å². The van der Waals surface area contributed by atoms with Gasteiger partial charge in [0.1, 0.15) is 18.5 Å². The van der Waals surface area contributed by atoms with Crippen molar-refractivity contribution in [2.24, 2.45) is 5.92 Å². The van der Waals surface area contributed by atoms with Gasteiger partial charge < -0.3 is 14.7 Å². The third kappa shape index (κ3) is 5.65. The Hall–Kier alpha value is -2.17. The Bertz CT molecular complexity index is 731. The molecule has 1 atom stereocenters. The monoisotopic (exact) mass is 367 g/mol. The molecule has 1 aliphatic rings. The first-order valence-electron chi connectivity index (χ1n) is 9.72. The minimum absolute atomic E-state index is 0.0901. The molecule has 1 saturated heterocycles. The van der Waals surface area contributed by atoms with E-state index in [1.165, 1.54) is 0 Å². The number of likely N-dealkylation sites (tertiary alicyclic amines) is 1. The van der Waals surface area contributed by atoms with Gasteiger partial charge in [0.05, 0.1) is 0 Å². The van der Waals surface area contributed by atoms with E-state index in [-0.39, 0.29) is 18.3 Å². The second kappa shape index (κ2) is 9.16. The predicted octanol–water partition coefficient (Wildman–Crippen LogP) is 3.64. The fourth-order valence-electron chi connectivity index (χ4n) is 3.78. The number of Topliss-reactive ketones (excluding diaryl/α,β-unsaturated/α-hetero) is 1. The van der Waals surface area contributed by atoms with Gasteiger partial charge in [-0.25, -0.2) is 0 Å². The molecule has 1 fully saturated rings. The largest absolute Gasteiger partial charge is 0.491 e. The maximum Gasteiger partial charge on any atom is 0.166 e. The van der Waals surface area contributed by atoms with E-state index in [9.17, 15) is 9.90 Å². The fraction of sp³-hybridized carbons (Fsp3) is 0.435. The molecule has 144 valence electrons. The van der Waals surface area contributed by atoms with E-state index in [4.69, 9.17) is 4.74 Å². The highest BCUT2D eigenvalue weighted by Gasteiger charge is 2.26. The zero-order valence-electron chi connectivity index (χ0n) is 16.2. The molecular weight excluding hydrogens is 338 g/mol. The smallest absolute Gasteiger partial charge is 0.166 e. The summed E-state index contributed by atoms with van der Waals surface area (Å²) in [7, 11) is 0. The second-order valence-electron chi connectivity index (χ2n) is 7.59. The molecule has 4 nitrogen and oxygen atoms in total. The molecule has 0 saturated carbocycles. The third-order valence-electron chi connectivity index (χ3n) is 5.12. The van der Waals surface area contributed by atoms with E-state index in [2.05, 4.69) is 11.0 Å². The Morgan fingerprint density at radius 3 is 2.37 bits per heavy atom. The van der Waals surface area contributed by atoms with Crippen LogP contribution in [0.3, 0.4) is 0 Å². The number of carbonyl (C=O) groups excluding carboxylic acids is 1. The molecule has 3 rings (SSSR count). The van der Waals surface area contributed by atoms with Crippen molar-refractivity contribution in [2.75, 3.05) is 26.2 Å². The van der Waals surface area contributed by atoms with Crippen molar-refractivity contribution in [3.05, 3.63) is 65.2 Å². The zero-order valence-corrected chi connectivity index (χ0v) is 16.2. The second-order valence-corrected chi connectivity index (χ2v) is 7.59. The summed E-state index contributed by atoms with van der Waals surface area (Å²) in [5.41, 5.74) is 3.12. The van der Waals surface area contributed by atoms with Crippen LogP contribution < -0.4 is 4.74 Å². The number of nitrogens with zero attached hydrogens (tertiary/aromatic N) is 1. The fourth-order valence-corrected chi connectivity index (χ4v) is 3.78. The highest BCUT2D eigenvalue weighted by atomic mass is 16.5. The van der Waals surface area contributed by atoms with Crippen LogP contribution >= 0.6 is 0 Å². The average molecular weight is 367 g/mol. The van der Waals surface area contributed by atoms with Crippen molar-refractivity contribution >= 4 is 5.78 Å². The first kappa shape index (κ1) is 19.6. The third-order valence-corrected chi connectivity index (χ3v) is 5.12. The maximum absolute atomic E-state index is 12.6. The molecule has 1 unspecified atom stereocenters. The summed E-state index contributed by atoms with van der Waals surface area (Å²) in [5.74, 6) is 1.14. The zero-order chi connectivity index (χ0) is 19.2. The standard InChI is InChI=1S/C23H29NO3/c1-17-12-18(2)14-22(13-17)27-16-21(25)15-24-10-8-20(9-11-24)23(26)19-6-4-3-5-7-19/h3-7,12-14,20-21,25H,8-11,15-16H2,1-2H3. The van der Waals surface area contributed by atoms with Crippen LogP contribution in [0.4, 0.5) is 0 Å². The number of benzene rings is 2. The Kier molecular flexibility index (Phi) is 6.64. The van der Waals surface area contributed by atoms with Crippen molar-refractivity contribution in [1.82, 2.24) is 4.90 Å². The van der Waals surface area contributed by atoms with Gasteiger partial charge in [-0.3, -0.25) is 4.79 Å². The number of hydrogen-bond donors (Lipinski definition) is 1. The van der Waals surface area contributed by atoms with E-state index in [0.717, 1.165) is 48.4 Å². The maximum atomic E-state index is 12.6. The lowest BCUT2D eigenvalue weighted by Gasteiger charge is -2.32. The number of aryl methyl sites for hydroxylation is 2. The topological polar surface area (TPSA) is 49.8 Å². The van der Waals surface area contributed by atoms with Crippen LogP contribution in [0.25, 0.3) is 0 Å². The van der Waals surface area contributed by atoms with Crippen LogP contribution in [0.5, 0.6) is 5.75 Å². The number of aliphatic hydroxyl groups is 1.